The Morgan fingerprint density at radius 3 is 2.46 bits per heavy atom. The van der Waals surface area contributed by atoms with Gasteiger partial charge in [-0.1, -0.05) is 17.3 Å². The van der Waals surface area contributed by atoms with Crippen molar-refractivity contribution < 1.29 is 32.0 Å². The van der Waals surface area contributed by atoms with Crippen molar-refractivity contribution in [3.8, 4) is 5.75 Å². The van der Waals surface area contributed by atoms with Crippen LogP contribution in [-0.4, -0.2) is 41.8 Å². The third-order valence-electron chi connectivity index (χ3n) is 3.21. The molecule has 1 aromatic heterocycles. The van der Waals surface area contributed by atoms with E-state index in [4.69, 9.17) is 4.52 Å². The quantitative estimate of drug-likeness (QED) is 0.844. The van der Waals surface area contributed by atoms with Crippen molar-refractivity contribution in [1.82, 2.24) is 10.1 Å². The fraction of sp³-hybridized carbons (Fsp3) is 0.312. The molecule has 10 heteroatoms. The molecular weight excluding hydrogens is 355 g/mol. The number of amides is 2. The van der Waals surface area contributed by atoms with E-state index < -0.39 is 12.3 Å². The zero-order valence-corrected chi connectivity index (χ0v) is 14.0. The molecule has 0 bridgehead atoms. The molecule has 2 aromatic rings. The van der Waals surface area contributed by atoms with Crippen molar-refractivity contribution in [2.75, 3.05) is 18.9 Å². The number of anilines is 1. The first kappa shape index (κ1) is 19.3. The zero-order chi connectivity index (χ0) is 19.3. The molecule has 1 heterocycles. The van der Waals surface area contributed by atoms with E-state index in [0.29, 0.717) is 11.3 Å². The van der Waals surface area contributed by atoms with Gasteiger partial charge in [-0.15, -0.1) is 13.2 Å². The Kier molecular flexibility index (Phi) is 5.86. The highest BCUT2D eigenvalue weighted by Crippen LogP contribution is 2.22. The second-order valence-corrected chi connectivity index (χ2v) is 5.49. The van der Waals surface area contributed by atoms with Crippen molar-refractivity contribution in [3.05, 3.63) is 41.7 Å². The van der Waals surface area contributed by atoms with Gasteiger partial charge in [0, 0.05) is 13.1 Å². The van der Waals surface area contributed by atoms with Crippen molar-refractivity contribution in [3.63, 3.8) is 0 Å². The standard InChI is InChI=1S/C16H16F3N3O4/c1-10-7-13(21-26-10)20-14(23)9-22(2)15(24)8-11-3-5-12(6-4-11)25-16(17,18)19/h3-7H,8-9H2,1-2H3,(H,20,21,23). The molecule has 0 radical (unpaired) electrons. The van der Waals surface area contributed by atoms with Crippen LogP contribution in [0.3, 0.4) is 0 Å². The Morgan fingerprint density at radius 2 is 1.92 bits per heavy atom. The summed E-state index contributed by atoms with van der Waals surface area (Å²) in [5, 5.41) is 6.09. The number of halogens is 3. The van der Waals surface area contributed by atoms with Gasteiger partial charge in [0.05, 0.1) is 13.0 Å². The fourth-order valence-corrected chi connectivity index (χ4v) is 2.03. The molecule has 0 aliphatic heterocycles. The molecule has 0 saturated carbocycles. The maximum Gasteiger partial charge on any atom is 0.573 e. The summed E-state index contributed by atoms with van der Waals surface area (Å²) in [6, 6.07) is 6.48. The van der Waals surface area contributed by atoms with Gasteiger partial charge in [0.25, 0.3) is 0 Å². The third-order valence-corrected chi connectivity index (χ3v) is 3.21. The van der Waals surface area contributed by atoms with E-state index in [9.17, 15) is 22.8 Å². The number of aryl methyl sites for hydroxylation is 1. The monoisotopic (exact) mass is 371 g/mol. The van der Waals surface area contributed by atoms with Crippen molar-refractivity contribution >= 4 is 17.6 Å². The second kappa shape index (κ2) is 7.89. The van der Waals surface area contributed by atoms with Crippen LogP contribution in [0.5, 0.6) is 5.75 Å². The van der Waals surface area contributed by atoms with Crippen LogP contribution < -0.4 is 10.1 Å². The number of aromatic nitrogens is 1. The third kappa shape index (κ3) is 6.11. The van der Waals surface area contributed by atoms with Gasteiger partial charge >= 0.3 is 6.36 Å². The molecule has 0 aliphatic rings. The number of nitrogens with one attached hydrogen (secondary N) is 1. The Labute approximate surface area is 146 Å². The number of ether oxygens (including phenoxy) is 1. The van der Waals surface area contributed by atoms with Crippen molar-refractivity contribution in [2.24, 2.45) is 0 Å². The average Bonchev–Trinajstić information content (AvgIpc) is 2.92. The molecule has 0 atom stereocenters. The van der Waals surface area contributed by atoms with E-state index >= 15 is 0 Å². The van der Waals surface area contributed by atoms with E-state index in [2.05, 4.69) is 15.2 Å². The molecule has 1 aromatic carbocycles. The van der Waals surface area contributed by atoms with Crippen LogP contribution in [0.1, 0.15) is 11.3 Å². The Bertz CT molecular complexity index is 772. The molecule has 2 amide bonds. The lowest BCUT2D eigenvalue weighted by atomic mass is 10.1. The summed E-state index contributed by atoms with van der Waals surface area (Å²) in [5.74, 6) is -0.426. The van der Waals surface area contributed by atoms with E-state index in [1.165, 1.54) is 30.1 Å². The Balaban J connectivity index is 1.85. The number of hydrogen-bond donors (Lipinski definition) is 1. The van der Waals surface area contributed by atoms with Crippen LogP contribution in [0.15, 0.2) is 34.9 Å². The van der Waals surface area contributed by atoms with Crippen molar-refractivity contribution in [2.45, 2.75) is 19.7 Å². The van der Waals surface area contributed by atoms with Crippen LogP contribution in [0.2, 0.25) is 0 Å². The minimum absolute atomic E-state index is 0.0703. The summed E-state index contributed by atoms with van der Waals surface area (Å²) in [6.07, 6.45) is -4.84. The largest absolute Gasteiger partial charge is 0.573 e. The van der Waals surface area contributed by atoms with E-state index in [1.807, 2.05) is 0 Å². The lowest BCUT2D eigenvalue weighted by molar-refractivity contribution is -0.274. The first-order chi connectivity index (χ1) is 12.1. The van der Waals surface area contributed by atoms with Gasteiger partial charge in [-0.2, -0.15) is 0 Å². The van der Waals surface area contributed by atoms with Crippen LogP contribution >= 0.6 is 0 Å². The number of carbonyl (C=O) groups is 2. The number of likely N-dealkylation sites (N-methyl/N-ethyl adjacent to an activating group) is 1. The minimum Gasteiger partial charge on any atom is -0.406 e. The summed E-state index contributed by atoms with van der Waals surface area (Å²) < 4.78 is 44.9. The lowest BCUT2D eigenvalue weighted by Gasteiger charge is -2.16. The highest BCUT2D eigenvalue weighted by atomic mass is 19.4. The predicted molar refractivity (Wildman–Crippen MR) is 84.3 cm³/mol. The molecule has 0 aliphatic carbocycles. The van der Waals surface area contributed by atoms with Crippen LogP contribution in [0.25, 0.3) is 0 Å². The second-order valence-electron chi connectivity index (χ2n) is 5.49. The van der Waals surface area contributed by atoms with Crippen LogP contribution in [0.4, 0.5) is 19.0 Å². The summed E-state index contributed by atoms with van der Waals surface area (Å²) >= 11 is 0. The van der Waals surface area contributed by atoms with Gasteiger partial charge in [0.15, 0.2) is 5.82 Å². The molecular formula is C16H16F3N3O4. The molecule has 0 spiro atoms. The zero-order valence-electron chi connectivity index (χ0n) is 14.0. The number of nitrogens with zero attached hydrogens (tertiary/aromatic N) is 2. The number of alkyl halides is 3. The first-order valence-corrected chi connectivity index (χ1v) is 7.44. The van der Waals surface area contributed by atoms with Gasteiger partial charge in [-0.3, -0.25) is 9.59 Å². The van der Waals surface area contributed by atoms with Gasteiger partial charge in [-0.05, 0) is 24.6 Å². The topological polar surface area (TPSA) is 84.7 Å². The number of rotatable bonds is 6. The van der Waals surface area contributed by atoms with Crippen LogP contribution in [0, 0.1) is 6.92 Å². The van der Waals surface area contributed by atoms with Gasteiger partial charge in [-0.25, -0.2) is 0 Å². The molecule has 0 unspecified atom stereocenters. The first-order valence-electron chi connectivity index (χ1n) is 7.44. The highest BCUT2D eigenvalue weighted by Gasteiger charge is 2.31. The molecule has 26 heavy (non-hydrogen) atoms. The van der Waals surface area contributed by atoms with Gasteiger partial charge in [0.1, 0.15) is 11.5 Å². The molecule has 2 rings (SSSR count). The Hall–Kier alpha value is -3.04. The molecule has 1 N–H and O–H groups in total. The van der Waals surface area contributed by atoms with E-state index in [-0.39, 0.29) is 30.4 Å². The fourth-order valence-electron chi connectivity index (χ4n) is 2.03. The molecule has 140 valence electrons. The Morgan fingerprint density at radius 1 is 1.27 bits per heavy atom. The predicted octanol–water partition coefficient (Wildman–Crippen LogP) is 2.52. The number of benzene rings is 1. The normalized spacial score (nSPS) is 11.1. The summed E-state index contributed by atoms with van der Waals surface area (Å²) in [6.45, 7) is 1.46. The summed E-state index contributed by atoms with van der Waals surface area (Å²) in [4.78, 5) is 25.2. The van der Waals surface area contributed by atoms with E-state index in [1.54, 1.807) is 6.92 Å². The number of hydrogen-bond acceptors (Lipinski definition) is 5. The maximum atomic E-state index is 12.1. The van der Waals surface area contributed by atoms with Crippen LogP contribution in [-0.2, 0) is 16.0 Å². The smallest absolute Gasteiger partial charge is 0.406 e. The highest BCUT2D eigenvalue weighted by molar-refractivity contribution is 5.94. The number of carbonyl (C=O) groups excluding carboxylic acids is 2. The summed E-state index contributed by atoms with van der Waals surface area (Å²) in [7, 11) is 1.44. The van der Waals surface area contributed by atoms with E-state index in [0.717, 1.165) is 12.1 Å². The van der Waals surface area contributed by atoms with Gasteiger partial charge < -0.3 is 19.5 Å². The maximum absolute atomic E-state index is 12.1. The molecule has 0 fully saturated rings. The van der Waals surface area contributed by atoms with Gasteiger partial charge in [0.2, 0.25) is 11.8 Å². The average molecular weight is 371 g/mol. The summed E-state index contributed by atoms with van der Waals surface area (Å²) in [5.41, 5.74) is 0.490. The SMILES string of the molecule is Cc1cc(NC(=O)CN(C)C(=O)Cc2ccc(OC(F)(F)F)cc2)no1. The minimum atomic E-state index is -4.77. The molecule has 7 nitrogen and oxygen atoms in total. The lowest BCUT2D eigenvalue weighted by Crippen LogP contribution is -2.35. The van der Waals surface area contributed by atoms with Crippen molar-refractivity contribution in [1.29, 1.82) is 0 Å². The molecule has 0 saturated heterocycles.